The van der Waals surface area contributed by atoms with Gasteiger partial charge in [-0.2, -0.15) is 0 Å². The Morgan fingerprint density at radius 1 is 1.45 bits per heavy atom. The molecule has 1 aromatic heterocycles. The lowest BCUT2D eigenvalue weighted by Crippen LogP contribution is -2.20. The van der Waals surface area contributed by atoms with Gasteiger partial charge < -0.3 is 10.6 Å². The maximum absolute atomic E-state index is 13.4. The summed E-state index contributed by atoms with van der Waals surface area (Å²) >= 11 is 6.25. The van der Waals surface area contributed by atoms with E-state index in [2.05, 4.69) is 4.98 Å². The van der Waals surface area contributed by atoms with Gasteiger partial charge in [-0.15, -0.1) is 0 Å². The molecule has 0 bridgehead atoms. The van der Waals surface area contributed by atoms with Gasteiger partial charge in [-0.05, 0) is 31.2 Å². The Labute approximate surface area is 121 Å². The Morgan fingerprint density at radius 2 is 2.20 bits per heavy atom. The fourth-order valence-electron chi connectivity index (χ4n) is 1.93. The highest BCUT2D eigenvalue weighted by Crippen LogP contribution is 2.32. The highest BCUT2D eigenvalue weighted by Gasteiger charge is 2.16. The number of anilines is 2. The highest BCUT2D eigenvalue weighted by atomic mass is 35.5. The minimum Gasteiger partial charge on any atom is -0.384 e. The van der Waals surface area contributed by atoms with Crippen LogP contribution in [0.25, 0.3) is 0 Å². The van der Waals surface area contributed by atoms with Crippen LogP contribution in [0.5, 0.6) is 0 Å². The molecule has 0 saturated carbocycles. The number of nitrogens with two attached hydrogens (primary N) is 1. The van der Waals surface area contributed by atoms with Crippen LogP contribution in [0.1, 0.15) is 12.5 Å². The van der Waals surface area contributed by atoms with Crippen molar-refractivity contribution < 1.29 is 4.39 Å². The Balaban J connectivity index is 2.53. The summed E-state index contributed by atoms with van der Waals surface area (Å²) in [5.74, 6) is -0.0128. The van der Waals surface area contributed by atoms with E-state index in [1.54, 1.807) is 23.1 Å². The van der Waals surface area contributed by atoms with Crippen LogP contribution in [0, 0.1) is 11.2 Å². The van der Waals surface area contributed by atoms with Crippen LogP contribution >= 0.6 is 11.6 Å². The van der Waals surface area contributed by atoms with E-state index >= 15 is 0 Å². The van der Waals surface area contributed by atoms with E-state index in [0.29, 0.717) is 23.6 Å². The summed E-state index contributed by atoms with van der Waals surface area (Å²) in [7, 11) is 0. The lowest BCUT2D eigenvalue weighted by molar-refractivity contribution is 0.627. The molecule has 6 heteroatoms. The molecule has 0 unspecified atom stereocenters. The molecule has 0 radical (unpaired) electrons. The number of hydrogen-bond donors (Lipinski definition) is 2. The SMILES string of the molecule is CCN(c1cccc(F)c1)c1nccc(C(=N)N)c1Cl. The van der Waals surface area contributed by atoms with Crippen molar-refractivity contribution >= 4 is 28.9 Å². The summed E-state index contributed by atoms with van der Waals surface area (Å²) in [6, 6.07) is 7.75. The molecule has 2 aromatic rings. The topological polar surface area (TPSA) is 66.0 Å². The summed E-state index contributed by atoms with van der Waals surface area (Å²) in [5.41, 5.74) is 6.53. The molecule has 0 saturated heterocycles. The Hall–Kier alpha value is -2.14. The molecule has 104 valence electrons. The molecule has 0 aliphatic heterocycles. The van der Waals surface area contributed by atoms with E-state index in [-0.39, 0.29) is 16.7 Å². The zero-order chi connectivity index (χ0) is 14.7. The van der Waals surface area contributed by atoms with Crippen molar-refractivity contribution in [3.8, 4) is 0 Å². The van der Waals surface area contributed by atoms with Gasteiger partial charge in [0.25, 0.3) is 0 Å². The van der Waals surface area contributed by atoms with Crippen LogP contribution in [-0.2, 0) is 0 Å². The van der Waals surface area contributed by atoms with Gasteiger partial charge in [-0.3, -0.25) is 5.41 Å². The fraction of sp³-hybridized carbons (Fsp3) is 0.143. The highest BCUT2D eigenvalue weighted by molar-refractivity contribution is 6.36. The Morgan fingerprint density at radius 3 is 2.80 bits per heavy atom. The number of rotatable bonds is 4. The summed E-state index contributed by atoms with van der Waals surface area (Å²) in [4.78, 5) is 5.98. The molecule has 20 heavy (non-hydrogen) atoms. The number of hydrogen-bond acceptors (Lipinski definition) is 3. The van der Waals surface area contributed by atoms with E-state index in [1.807, 2.05) is 6.92 Å². The Bertz CT molecular complexity index is 645. The van der Waals surface area contributed by atoms with Crippen LogP contribution in [-0.4, -0.2) is 17.4 Å². The lowest BCUT2D eigenvalue weighted by atomic mass is 10.2. The zero-order valence-corrected chi connectivity index (χ0v) is 11.7. The zero-order valence-electron chi connectivity index (χ0n) is 10.9. The van der Waals surface area contributed by atoms with Crippen LogP contribution < -0.4 is 10.6 Å². The van der Waals surface area contributed by atoms with E-state index in [9.17, 15) is 4.39 Å². The summed E-state index contributed by atoms with van der Waals surface area (Å²) in [6.07, 6.45) is 1.53. The van der Waals surface area contributed by atoms with Crippen LogP contribution in [0.3, 0.4) is 0 Å². The van der Waals surface area contributed by atoms with Crippen molar-refractivity contribution in [2.45, 2.75) is 6.92 Å². The number of aromatic nitrogens is 1. The molecule has 0 spiro atoms. The van der Waals surface area contributed by atoms with Crippen LogP contribution in [0.2, 0.25) is 5.02 Å². The lowest BCUT2D eigenvalue weighted by Gasteiger charge is -2.23. The number of pyridine rings is 1. The van der Waals surface area contributed by atoms with E-state index in [0.717, 1.165) is 0 Å². The second-order valence-electron chi connectivity index (χ2n) is 4.13. The van der Waals surface area contributed by atoms with Gasteiger partial charge >= 0.3 is 0 Å². The van der Waals surface area contributed by atoms with Gasteiger partial charge in [0, 0.05) is 24.0 Å². The van der Waals surface area contributed by atoms with Gasteiger partial charge in [0.15, 0.2) is 5.82 Å². The predicted octanol–water partition coefficient (Wildman–Crippen LogP) is 3.32. The number of nitrogens with zero attached hydrogens (tertiary/aromatic N) is 2. The second-order valence-corrected chi connectivity index (χ2v) is 4.51. The number of halogens is 2. The normalized spacial score (nSPS) is 10.3. The first-order valence-electron chi connectivity index (χ1n) is 6.06. The maximum atomic E-state index is 13.4. The first-order chi connectivity index (χ1) is 9.54. The molecule has 0 aliphatic rings. The monoisotopic (exact) mass is 292 g/mol. The molecule has 0 fully saturated rings. The first-order valence-corrected chi connectivity index (χ1v) is 6.44. The third-order valence-electron chi connectivity index (χ3n) is 2.85. The molecular weight excluding hydrogens is 279 g/mol. The summed E-state index contributed by atoms with van der Waals surface area (Å²) in [6.45, 7) is 2.46. The minimum absolute atomic E-state index is 0.131. The van der Waals surface area contributed by atoms with Gasteiger partial charge in [-0.25, -0.2) is 9.37 Å². The van der Waals surface area contributed by atoms with Gasteiger partial charge in [0.2, 0.25) is 0 Å². The number of benzene rings is 1. The minimum atomic E-state index is -0.334. The smallest absolute Gasteiger partial charge is 0.152 e. The summed E-state index contributed by atoms with van der Waals surface area (Å²) < 4.78 is 13.4. The van der Waals surface area contributed by atoms with Gasteiger partial charge in [0.05, 0.1) is 5.02 Å². The van der Waals surface area contributed by atoms with Crippen LogP contribution in [0.15, 0.2) is 36.5 Å². The quantitative estimate of drug-likeness (QED) is 0.671. The average molecular weight is 293 g/mol. The third kappa shape index (κ3) is 2.72. The fourth-order valence-corrected chi connectivity index (χ4v) is 2.24. The molecule has 0 aliphatic carbocycles. The number of amidine groups is 1. The first kappa shape index (κ1) is 14.3. The van der Waals surface area contributed by atoms with E-state index in [4.69, 9.17) is 22.7 Å². The summed E-state index contributed by atoms with van der Waals surface area (Å²) in [5, 5.41) is 7.78. The van der Waals surface area contributed by atoms with Crippen LogP contribution in [0.4, 0.5) is 15.9 Å². The number of nitrogens with one attached hydrogen (secondary N) is 1. The van der Waals surface area contributed by atoms with Crippen molar-refractivity contribution in [1.82, 2.24) is 4.98 Å². The largest absolute Gasteiger partial charge is 0.384 e. The molecule has 4 nitrogen and oxygen atoms in total. The Kier molecular flexibility index (Phi) is 4.20. The van der Waals surface area contributed by atoms with E-state index < -0.39 is 0 Å². The molecule has 0 atom stereocenters. The van der Waals surface area contributed by atoms with Crippen molar-refractivity contribution in [3.05, 3.63) is 52.9 Å². The molecule has 0 amide bonds. The van der Waals surface area contributed by atoms with Crippen molar-refractivity contribution in [3.63, 3.8) is 0 Å². The number of nitrogen functional groups attached to an aromatic ring is 1. The second kappa shape index (κ2) is 5.88. The molecule has 3 N–H and O–H groups in total. The molecular formula is C14H14ClFN4. The van der Waals surface area contributed by atoms with Crippen molar-refractivity contribution in [2.75, 3.05) is 11.4 Å². The van der Waals surface area contributed by atoms with Gasteiger partial charge in [0.1, 0.15) is 11.7 Å². The predicted molar refractivity (Wildman–Crippen MR) is 79.3 cm³/mol. The third-order valence-corrected chi connectivity index (χ3v) is 3.23. The van der Waals surface area contributed by atoms with E-state index in [1.165, 1.54) is 18.3 Å². The van der Waals surface area contributed by atoms with Gasteiger partial charge in [-0.1, -0.05) is 17.7 Å². The van der Waals surface area contributed by atoms with Crippen molar-refractivity contribution in [1.29, 1.82) is 5.41 Å². The molecule has 1 heterocycles. The maximum Gasteiger partial charge on any atom is 0.152 e. The molecule has 1 aromatic carbocycles. The standard InChI is InChI=1S/C14H14ClFN4/c1-2-20(10-5-3-4-9(16)8-10)14-12(15)11(13(17)18)6-7-19-14/h3-8H,2H2,1H3,(H3,17,18). The molecule has 2 rings (SSSR count). The van der Waals surface area contributed by atoms with Crippen molar-refractivity contribution in [2.24, 2.45) is 5.73 Å². The average Bonchev–Trinajstić information content (AvgIpc) is 2.41.